The Morgan fingerprint density at radius 1 is 0.492 bits per heavy atom. The van der Waals surface area contributed by atoms with E-state index in [0.29, 0.717) is 23.9 Å². The molecular formula is C54H93NO8. The zero-order valence-electron chi connectivity index (χ0n) is 40.9. The number of nitrogens with zero attached hydrogens (tertiary/aromatic N) is 1. The first kappa shape index (κ1) is 59.7. The highest BCUT2D eigenvalue weighted by atomic mass is 16.7. The minimum Gasteiger partial charge on any atom is -0.545 e. The minimum absolute atomic E-state index is 0.140. The second-order valence-electron chi connectivity index (χ2n) is 17.7. The molecule has 2 atom stereocenters. The molecule has 0 aliphatic rings. The Bertz CT molecular complexity index is 1260. The van der Waals surface area contributed by atoms with Gasteiger partial charge in [-0.1, -0.05) is 170 Å². The molecule has 0 fully saturated rings. The van der Waals surface area contributed by atoms with Crippen molar-refractivity contribution in [1.82, 2.24) is 0 Å². The quantitative estimate of drug-likeness (QED) is 0.0195. The van der Waals surface area contributed by atoms with Crippen molar-refractivity contribution in [2.24, 2.45) is 0 Å². The number of carboxylic acids is 1. The van der Waals surface area contributed by atoms with Crippen molar-refractivity contribution >= 4 is 17.9 Å². The van der Waals surface area contributed by atoms with Crippen LogP contribution in [0.25, 0.3) is 0 Å². The summed E-state index contributed by atoms with van der Waals surface area (Å²) in [6.45, 7) is 4.58. The number of allylic oxidation sites excluding steroid dienone is 12. The number of rotatable bonds is 45. The van der Waals surface area contributed by atoms with E-state index in [1.807, 2.05) is 21.1 Å². The van der Waals surface area contributed by atoms with Crippen molar-refractivity contribution in [2.45, 2.75) is 206 Å². The van der Waals surface area contributed by atoms with Crippen LogP contribution in [0.15, 0.2) is 72.9 Å². The van der Waals surface area contributed by atoms with Gasteiger partial charge in [0.1, 0.15) is 13.2 Å². The fraction of sp³-hybridized carbons (Fsp3) is 0.722. The summed E-state index contributed by atoms with van der Waals surface area (Å²) in [4.78, 5) is 37.1. The van der Waals surface area contributed by atoms with Crippen molar-refractivity contribution in [3.63, 3.8) is 0 Å². The lowest BCUT2D eigenvalue weighted by Gasteiger charge is -2.26. The van der Waals surface area contributed by atoms with E-state index in [4.69, 9.17) is 18.9 Å². The van der Waals surface area contributed by atoms with Gasteiger partial charge >= 0.3 is 11.9 Å². The maximum Gasteiger partial charge on any atom is 0.306 e. The first-order chi connectivity index (χ1) is 30.6. The second kappa shape index (κ2) is 45.3. The zero-order valence-corrected chi connectivity index (χ0v) is 40.9. The van der Waals surface area contributed by atoms with E-state index >= 15 is 0 Å². The maximum absolute atomic E-state index is 12.8. The van der Waals surface area contributed by atoms with E-state index < -0.39 is 24.3 Å². The number of carboxylic acid groups (broad SMARTS) is 1. The number of quaternary nitrogens is 1. The molecule has 9 nitrogen and oxygen atoms in total. The first-order valence-corrected chi connectivity index (χ1v) is 25.1. The summed E-state index contributed by atoms with van der Waals surface area (Å²) in [5.41, 5.74) is 0. The van der Waals surface area contributed by atoms with Gasteiger partial charge in [0.2, 0.25) is 0 Å². The molecule has 0 saturated carbocycles. The predicted molar refractivity (Wildman–Crippen MR) is 260 cm³/mol. The lowest BCUT2D eigenvalue weighted by atomic mass is 10.1. The number of carbonyl (C=O) groups is 3. The molecule has 2 unspecified atom stereocenters. The maximum atomic E-state index is 12.8. The molecule has 0 saturated heterocycles. The Hall–Kier alpha value is -3.27. The van der Waals surface area contributed by atoms with Gasteiger partial charge < -0.3 is 33.3 Å². The van der Waals surface area contributed by atoms with Gasteiger partial charge in [0.25, 0.3) is 0 Å². The number of esters is 2. The summed E-state index contributed by atoms with van der Waals surface area (Å²) in [6.07, 6.45) is 53.6. The van der Waals surface area contributed by atoms with Crippen LogP contribution in [0.4, 0.5) is 0 Å². The molecule has 0 aromatic rings. The minimum atomic E-state index is -1.63. The van der Waals surface area contributed by atoms with E-state index in [-0.39, 0.29) is 38.6 Å². The third-order valence-corrected chi connectivity index (χ3v) is 10.4. The number of hydrogen-bond donors (Lipinski definition) is 0. The molecule has 0 N–H and O–H groups in total. The largest absolute Gasteiger partial charge is 0.545 e. The lowest BCUT2D eigenvalue weighted by molar-refractivity contribution is -0.870. The van der Waals surface area contributed by atoms with Crippen LogP contribution in [0, 0.1) is 0 Å². The van der Waals surface area contributed by atoms with E-state index in [0.717, 1.165) is 89.9 Å². The molecule has 0 radical (unpaired) electrons. The number of hydrogen-bond acceptors (Lipinski definition) is 8. The highest BCUT2D eigenvalue weighted by Gasteiger charge is 2.21. The van der Waals surface area contributed by atoms with Crippen LogP contribution in [-0.4, -0.2) is 82.3 Å². The number of likely N-dealkylation sites (N-methyl/N-ethyl adjacent to an activating group) is 1. The standard InChI is InChI=1S/C54H93NO8/c1-6-8-10-12-14-16-18-20-22-23-24-25-26-27-28-29-31-33-35-37-39-41-43-45-52(57)63-50(49-62-54(53(58)59)60-47-46-55(3,4)5)48-61-51(56)44-42-40-38-36-34-32-30-21-19-17-15-13-11-9-7-2/h9,11,15,17-18,20-21,23-24,26-27,30,50,54H,6-8,10,12-14,16,19,22,25,28-29,31-49H2,1-5H3/b11-9-,17-15-,20-18-,24-23-,27-26-,30-21-. The summed E-state index contributed by atoms with van der Waals surface area (Å²) >= 11 is 0. The van der Waals surface area contributed by atoms with Crippen molar-refractivity contribution in [3.8, 4) is 0 Å². The van der Waals surface area contributed by atoms with E-state index in [1.54, 1.807) is 0 Å². The van der Waals surface area contributed by atoms with Gasteiger partial charge in [-0.2, -0.15) is 0 Å². The predicted octanol–water partition coefficient (Wildman–Crippen LogP) is 12.6. The molecule has 0 aromatic carbocycles. The molecule has 0 aliphatic heterocycles. The fourth-order valence-electron chi connectivity index (χ4n) is 6.56. The Balaban J connectivity index is 4.39. The van der Waals surface area contributed by atoms with Crippen molar-refractivity contribution in [2.75, 3.05) is 47.5 Å². The topological polar surface area (TPSA) is 111 Å². The highest BCUT2D eigenvalue weighted by molar-refractivity contribution is 5.70. The van der Waals surface area contributed by atoms with Crippen LogP contribution in [-0.2, 0) is 33.3 Å². The molecule has 0 aromatic heterocycles. The Morgan fingerprint density at radius 3 is 1.35 bits per heavy atom. The average Bonchev–Trinajstić information content (AvgIpc) is 3.24. The van der Waals surface area contributed by atoms with E-state index in [2.05, 4.69) is 86.8 Å². The molecule has 0 amide bonds. The van der Waals surface area contributed by atoms with Crippen molar-refractivity contribution in [3.05, 3.63) is 72.9 Å². The molecule has 0 heterocycles. The molecule has 0 spiro atoms. The van der Waals surface area contributed by atoms with Crippen LogP contribution in [0.1, 0.15) is 194 Å². The smallest absolute Gasteiger partial charge is 0.306 e. The number of aliphatic carboxylic acids is 1. The number of carbonyl (C=O) groups excluding carboxylic acids is 3. The van der Waals surface area contributed by atoms with E-state index in [9.17, 15) is 19.5 Å². The molecule has 362 valence electrons. The van der Waals surface area contributed by atoms with Gasteiger partial charge in [-0.15, -0.1) is 0 Å². The Kier molecular flexibility index (Phi) is 43.0. The summed E-state index contributed by atoms with van der Waals surface area (Å²) in [6, 6.07) is 0. The van der Waals surface area contributed by atoms with Gasteiger partial charge in [0.05, 0.1) is 40.3 Å². The molecular weight excluding hydrogens is 791 g/mol. The van der Waals surface area contributed by atoms with Gasteiger partial charge in [-0.3, -0.25) is 9.59 Å². The van der Waals surface area contributed by atoms with Crippen LogP contribution in [0.2, 0.25) is 0 Å². The monoisotopic (exact) mass is 884 g/mol. The summed E-state index contributed by atoms with van der Waals surface area (Å²) < 4.78 is 22.6. The second-order valence-corrected chi connectivity index (χ2v) is 17.7. The van der Waals surface area contributed by atoms with Gasteiger partial charge in [-0.25, -0.2) is 0 Å². The van der Waals surface area contributed by atoms with Crippen LogP contribution in [0.5, 0.6) is 0 Å². The Labute approximate surface area is 386 Å². The molecule has 63 heavy (non-hydrogen) atoms. The van der Waals surface area contributed by atoms with Crippen LogP contribution < -0.4 is 5.11 Å². The third kappa shape index (κ3) is 46.5. The van der Waals surface area contributed by atoms with Crippen LogP contribution >= 0.6 is 0 Å². The average molecular weight is 884 g/mol. The summed E-state index contributed by atoms with van der Waals surface area (Å²) in [5.74, 6) is -2.32. The normalized spacial score (nSPS) is 13.5. The van der Waals surface area contributed by atoms with E-state index in [1.165, 1.54) is 64.2 Å². The summed E-state index contributed by atoms with van der Waals surface area (Å²) in [5, 5.41) is 11.7. The van der Waals surface area contributed by atoms with Gasteiger partial charge in [0, 0.05) is 12.8 Å². The number of unbranched alkanes of at least 4 members (excludes halogenated alkanes) is 18. The van der Waals surface area contributed by atoms with Gasteiger partial charge in [0.15, 0.2) is 12.4 Å². The van der Waals surface area contributed by atoms with Crippen molar-refractivity contribution < 1.29 is 42.9 Å². The number of ether oxygens (including phenoxy) is 4. The molecule has 9 heteroatoms. The third-order valence-electron chi connectivity index (χ3n) is 10.4. The van der Waals surface area contributed by atoms with Crippen molar-refractivity contribution in [1.29, 1.82) is 0 Å². The molecule has 0 rings (SSSR count). The SMILES string of the molecule is CC/C=C\C/C=C\C/C=C\CCCCCCCC(=O)OCC(COC(OCC[N+](C)(C)C)C(=O)[O-])OC(=O)CCCCCCCCCC/C=C\C/C=C\C/C=C\CCCCCCC. The zero-order chi connectivity index (χ0) is 46.3. The molecule has 0 bridgehead atoms. The Morgan fingerprint density at radius 2 is 0.905 bits per heavy atom. The fourth-order valence-corrected chi connectivity index (χ4v) is 6.56. The van der Waals surface area contributed by atoms with Crippen LogP contribution in [0.3, 0.4) is 0 Å². The summed E-state index contributed by atoms with van der Waals surface area (Å²) in [7, 11) is 5.90. The first-order valence-electron chi connectivity index (χ1n) is 25.1. The van der Waals surface area contributed by atoms with Gasteiger partial charge in [-0.05, 0) is 83.5 Å². The highest BCUT2D eigenvalue weighted by Crippen LogP contribution is 2.14. The molecule has 0 aliphatic carbocycles. The lowest BCUT2D eigenvalue weighted by Crippen LogP contribution is -2.44.